The lowest BCUT2D eigenvalue weighted by atomic mass is 10.3. The minimum atomic E-state index is -0.393. The molecule has 0 saturated carbocycles. The van der Waals surface area contributed by atoms with E-state index in [1.165, 1.54) is 6.07 Å². The van der Waals surface area contributed by atoms with Crippen LogP contribution in [0, 0.1) is 5.82 Å². The number of anilines is 1. The summed E-state index contributed by atoms with van der Waals surface area (Å²) in [4.78, 5) is 0.899. The Hall–Kier alpha value is -0.900. The molecule has 0 spiro atoms. The van der Waals surface area contributed by atoms with Crippen molar-refractivity contribution in [2.75, 3.05) is 11.5 Å². The lowest BCUT2D eigenvalue weighted by molar-refractivity contribution is 0.230. The molecule has 2 nitrogen and oxygen atoms in total. The fraction of sp³-hybridized carbons (Fsp3) is 0.538. The van der Waals surface area contributed by atoms with E-state index in [-0.39, 0.29) is 11.9 Å². The molecule has 17 heavy (non-hydrogen) atoms. The van der Waals surface area contributed by atoms with E-state index in [1.807, 2.05) is 13.8 Å². The molecular formula is C13H20FNOS. The Bertz CT molecular complexity index is 369. The molecule has 0 aromatic heterocycles. The fourth-order valence-corrected chi connectivity index (χ4v) is 2.41. The molecular weight excluding hydrogens is 237 g/mol. The van der Waals surface area contributed by atoms with Crippen molar-refractivity contribution < 1.29 is 9.13 Å². The van der Waals surface area contributed by atoms with Crippen LogP contribution in [-0.4, -0.2) is 11.9 Å². The molecule has 1 aromatic rings. The smallest absolute Gasteiger partial charge is 0.167 e. The average Bonchev–Trinajstić information content (AvgIpc) is 2.24. The molecule has 0 saturated heterocycles. The molecule has 0 atom stereocenters. The first-order valence-electron chi connectivity index (χ1n) is 5.93. The standard InChI is InChI=1S/C13H20FNOS/c1-4-5-6-17-13-8-12(16-9(2)3)10(14)7-11(13)15/h7-9H,4-6,15H2,1-3H3. The number of ether oxygens (including phenoxy) is 1. The minimum Gasteiger partial charge on any atom is -0.488 e. The van der Waals surface area contributed by atoms with Crippen molar-refractivity contribution in [3.63, 3.8) is 0 Å². The zero-order valence-corrected chi connectivity index (χ0v) is 11.4. The first-order valence-corrected chi connectivity index (χ1v) is 6.91. The van der Waals surface area contributed by atoms with E-state index in [0.717, 1.165) is 23.5 Å². The summed E-state index contributed by atoms with van der Waals surface area (Å²) in [6.45, 7) is 5.89. The third-order valence-electron chi connectivity index (χ3n) is 2.18. The molecule has 0 bridgehead atoms. The molecule has 0 fully saturated rings. The number of unbranched alkanes of at least 4 members (excludes halogenated alkanes) is 1. The predicted octanol–water partition coefficient (Wildman–Crippen LogP) is 4.09. The number of nitrogens with two attached hydrogens (primary N) is 1. The second kappa shape index (κ2) is 6.74. The summed E-state index contributed by atoms with van der Waals surface area (Å²) in [5.41, 5.74) is 6.27. The molecule has 0 unspecified atom stereocenters. The second-order valence-corrected chi connectivity index (χ2v) is 5.33. The summed E-state index contributed by atoms with van der Waals surface area (Å²) < 4.78 is 19.0. The van der Waals surface area contributed by atoms with Gasteiger partial charge >= 0.3 is 0 Å². The Kier molecular flexibility index (Phi) is 5.62. The molecule has 0 aliphatic rings. The quantitative estimate of drug-likeness (QED) is 0.473. The Morgan fingerprint density at radius 1 is 1.41 bits per heavy atom. The lowest BCUT2D eigenvalue weighted by Crippen LogP contribution is -2.07. The molecule has 1 rings (SSSR count). The van der Waals surface area contributed by atoms with Crippen molar-refractivity contribution in [2.45, 2.75) is 44.6 Å². The van der Waals surface area contributed by atoms with Crippen LogP contribution in [0.5, 0.6) is 5.75 Å². The normalized spacial score (nSPS) is 10.9. The van der Waals surface area contributed by atoms with Gasteiger partial charge in [0.2, 0.25) is 0 Å². The van der Waals surface area contributed by atoms with E-state index in [0.29, 0.717) is 5.69 Å². The maximum absolute atomic E-state index is 13.6. The number of hydrogen-bond acceptors (Lipinski definition) is 3. The van der Waals surface area contributed by atoms with Gasteiger partial charge in [0.15, 0.2) is 11.6 Å². The summed E-state index contributed by atoms with van der Waals surface area (Å²) in [7, 11) is 0. The van der Waals surface area contributed by atoms with Crippen molar-refractivity contribution in [1.82, 2.24) is 0 Å². The molecule has 0 radical (unpaired) electrons. The van der Waals surface area contributed by atoms with Crippen molar-refractivity contribution in [1.29, 1.82) is 0 Å². The zero-order valence-electron chi connectivity index (χ0n) is 10.6. The Morgan fingerprint density at radius 2 is 2.12 bits per heavy atom. The number of rotatable bonds is 6. The van der Waals surface area contributed by atoms with E-state index >= 15 is 0 Å². The van der Waals surface area contributed by atoms with Crippen LogP contribution >= 0.6 is 11.8 Å². The van der Waals surface area contributed by atoms with Crippen molar-refractivity contribution >= 4 is 17.4 Å². The first kappa shape index (κ1) is 14.2. The van der Waals surface area contributed by atoms with Crippen molar-refractivity contribution in [3.8, 4) is 5.75 Å². The van der Waals surface area contributed by atoms with Crippen LogP contribution in [0.25, 0.3) is 0 Å². The maximum Gasteiger partial charge on any atom is 0.167 e. The summed E-state index contributed by atoms with van der Waals surface area (Å²) >= 11 is 1.65. The molecule has 4 heteroatoms. The average molecular weight is 257 g/mol. The Morgan fingerprint density at radius 3 is 2.71 bits per heavy atom. The monoisotopic (exact) mass is 257 g/mol. The van der Waals surface area contributed by atoms with Gasteiger partial charge in [-0.3, -0.25) is 0 Å². The summed E-state index contributed by atoms with van der Waals surface area (Å²) in [5, 5.41) is 0. The highest BCUT2D eigenvalue weighted by atomic mass is 32.2. The number of benzene rings is 1. The second-order valence-electron chi connectivity index (χ2n) is 4.19. The summed E-state index contributed by atoms with van der Waals surface area (Å²) in [6.07, 6.45) is 2.23. The van der Waals surface area contributed by atoms with Gasteiger partial charge in [0.25, 0.3) is 0 Å². The SMILES string of the molecule is CCCCSc1cc(OC(C)C)c(F)cc1N. The maximum atomic E-state index is 13.6. The van der Waals surface area contributed by atoms with Crippen molar-refractivity contribution in [2.24, 2.45) is 0 Å². The fourth-order valence-electron chi connectivity index (χ4n) is 1.35. The van der Waals surface area contributed by atoms with Gasteiger partial charge in [0, 0.05) is 16.6 Å². The highest BCUT2D eigenvalue weighted by Gasteiger charge is 2.10. The van der Waals surface area contributed by atoms with Crippen LogP contribution in [0.3, 0.4) is 0 Å². The Labute approximate surface area is 107 Å². The third-order valence-corrected chi connectivity index (χ3v) is 3.34. The van der Waals surface area contributed by atoms with Gasteiger partial charge in [-0.1, -0.05) is 13.3 Å². The topological polar surface area (TPSA) is 35.2 Å². The summed E-state index contributed by atoms with van der Waals surface area (Å²) in [5.74, 6) is 0.886. The largest absolute Gasteiger partial charge is 0.488 e. The van der Waals surface area contributed by atoms with E-state index in [2.05, 4.69) is 6.92 Å². The van der Waals surface area contributed by atoms with Gasteiger partial charge in [-0.15, -0.1) is 11.8 Å². The molecule has 0 aliphatic carbocycles. The minimum absolute atomic E-state index is 0.0402. The molecule has 2 N–H and O–H groups in total. The molecule has 0 heterocycles. The van der Waals surface area contributed by atoms with Gasteiger partial charge < -0.3 is 10.5 Å². The highest BCUT2D eigenvalue weighted by molar-refractivity contribution is 7.99. The number of nitrogen functional groups attached to an aromatic ring is 1. The summed E-state index contributed by atoms with van der Waals surface area (Å²) in [6, 6.07) is 3.04. The number of thioether (sulfide) groups is 1. The first-order chi connectivity index (χ1) is 8.04. The molecule has 96 valence electrons. The van der Waals surface area contributed by atoms with Gasteiger partial charge in [-0.05, 0) is 32.1 Å². The van der Waals surface area contributed by atoms with Crippen molar-refractivity contribution in [3.05, 3.63) is 17.9 Å². The zero-order chi connectivity index (χ0) is 12.8. The third kappa shape index (κ3) is 4.46. The lowest BCUT2D eigenvalue weighted by Gasteiger charge is -2.13. The molecule has 1 aromatic carbocycles. The molecule has 0 aliphatic heterocycles. The molecule has 0 amide bonds. The van der Waals surface area contributed by atoms with Crippen LogP contribution in [0.1, 0.15) is 33.6 Å². The van der Waals surface area contributed by atoms with Gasteiger partial charge in [-0.2, -0.15) is 0 Å². The van der Waals surface area contributed by atoms with E-state index in [1.54, 1.807) is 17.8 Å². The Balaban J connectivity index is 2.82. The number of halogens is 1. The van der Waals surface area contributed by atoms with Crippen LogP contribution < -0.4 is 10.5 Å². The highest BCUT2D eigenvalue weighted by Crippen LogP contribution is 2.32. The van der Waals surface area contributed by atoms with Gasteiger partial charge in [0.1, 0.15) is 0 Å². The van der Waals surface area contributed by atoms with Crippen LogP contribution in [0.4, 0.5) is 10.1 Å². The van der Waals surface area contributed by atoms with E-state index in [4.69, 9.17) is 10.5 Å². The predicted molar refractivity (Wildman–Crippen MR) is 72.2 cm³/mol. The van der Waals surface area contributed by atoms with Crippen LogP contribution in [0.2, 0.25) is 0 Å². The van der Waals surface area contributed by atoms with E-state index in [9.17, 15) is 4.39 Å². The van der Waals surface area contributed by atoms with E-state index < -0.39 is 5.82 Å². The number of hydrogen-bond donors (Lipinski definition) is 1. The van der Waals surface area contributed by atoms with Gasteiger partial charge in [0.05, 0.1) is 6.10 Å². The van der Waals surface area contributed by atoms with Gasteiger partial charge in [-0.25, -0.2) is 4.39 Å². The van der Waals surface area contributed by atoms with Crippen LogP contribution in [-0.2, 0) is 0 Å². The van der Waals surface area contributed by atoms with Crippen LogP contribution in [0.15, 0.2) is 17.0 Å².